The SMILES string of the molecule is Cc1nc(NC(=O)c2nc(-c3ccccc3)oc2C)sc1-c1ccccc1. The van der Waals surface area contributed by atoms with Crippen LogP contribution in [0, 0.1) is 13.8 Å². The van der Waals surface area contributed by atoms with Crippen molar-refractivity contribution in [2.45, 2.75) is 13.8 Å². The van der Waals surface area contributed by atoms with E-state index in [1.54, 1.807) is 6.92 Å². The van der Waals surface area contributed by atoms with E-state index in [4.69, 9.17) is 4.42 Å². The standard InChI is InChI=1S/C21H17N3O2S/c1-13-18(15-9-5-3-6-10-15)27-21(22-13)24-19(25)17-14(2)26-20(23-17)16-11-7-4-8-12-16/h3-12H,1-2H3,(H,22,24,25). The number of benzene rings is 2. The molecule has 27 heavy (non-hydrogen) atoms. The van der Waals surface area contributed by atoms with Gasteiger partial charge < -0.3 is 4.42 Å². The number of aryl methyl sites for hydroxylation is 2. The van der Waals surface area contributed by atoms with E-state index in [0.29, 0.717) is 16.8 Å². The quantitative estimate of drug-likeness (QED) is 0.523. The Kier molecular flexibility index (Phi) is 4.56. The lowest BCUT2D eigenvalue weighted by Gasteiger charge is -1.98. The normalized spacial score (nSPS) is 10.7. The van der Waals surface area contributed by atoms with E-state index < -0.39 is 0 Å². The van der Waals surface area contributed by atoms with Gasteiger partial charge in [0.05, 0.1) is 10.6 Å². The number of anilines is 1. The Morgan fingerprint density at radius 3 is 2.22 bits per heavy atom. The fraction of sp³-hybridized carbons (Fsp3) is 0.0952. The average Bonchev–Trinajstić information content (AvgIpc) is 3.26. The zero-order valence-corrected chi connectivity index (χ0v) is 15.7. The molecule has 0 unspecified atom stereocenters. The van der Waals surface area contributed by atoms with E-state index in [-0.39, 0.29) is 11.6 Å². The molecule has 0 aliphatic heterocycles. The van der Waals surface area contributed by atoms with Crippen LogP contribution in [0.2, 0.25) is 0 Å². The zero-order valence-electron chi connectivity index (χ0n) is 14.9. The fourth-order valence-corrected chi connectivity index (χ4v) is 3.74. The van der Waals surface area contributed by atoms with Gasteiger partial charge in [-0.2, -0.15) is 0 Å². The maximum absolute atomic E-state index is 12.7. The molecule has 2 heterocycles. The second-order valence-electron chi connectivity index (χ2n) is 6.04. The molecule has 4 rings (SSSR count). The van der Waals surface area contributed by atoms with Crippen LogP contribution in [0.3, 0.4) is 0 Å². The van der Waals surface area contributed by atoms with Crippen molar-refractivity contribution in [3.05, 3.63) is 77.8 Å². The van der Waals surface area contributed by atoms with Crippen molar-refractivity contribution in [3.63, 3.8) is 0 Å². The smallest absolute Gasteiger partial charge is 0.279 e. The largest absolute Gasteiger partial charge is 0.441 e. The average molecular weight is 375 g/mol. The highest BCUT2D eigenvalue weighted by Gasteiger charge is 2.20. The molecule has 6 heteroatoms. The van der Waals surface area contributed by atoms with Gasteiger partial charge in [-0.05, 0) is 31.5 Å². The third-order valence-corrected chi connectivity index (χ3v) is 5.21. The van der Waals surface area contributed by atoms with Crippen molar-refractivity contribution in [2.24, 2.45) is 0 Å². The molecule has 0 fully saturated rings. The highest BCUT2D eigenvalue weighted by atomic mass is 32.1. The first-order valence-electron chi connectivity index (χ1n) is 8.49. The van der Waals surface area contributed by atoms with Gasteiger partial charge in [0.1, 0.15) is 5.76 Å². The van der Waals surface area contributed by atoms with Gasteiger partial charge in [-0.1, -0.05) is 59.9 Å². The van der Waals surface area contributed by atoms with Crippen molar-refractivity contribution in [2.75, 3.05) is 5.32 Å². The summed E-state index contributed by atoms with van der Waals surface area (Å²) in [5, 5.41) is 3.38. The van der Waals surface area contributed by atoms with E-state index in [1.165, 1.54) is 11.3 Å². The van der Waals surface area contributed by atoms with Gasteiger partial charge in [-0.25, -0.2) is 9.97 Å². The summed E-state index contributed by atoms with van der Waals surface area (Å²) in [6.07, 6.45) is 0. The summed E-state index contributed by atoms with van der Waals surface area (Å²) in [6, 6.07) is 19.5. The summed E-state index contributed by atoms with van der Waals surface area (Å²) in [5.41, 5.74) is 3.06. The van der Waals surface area contributed by atoms with Crippen LogP contribution in [0.25, 0.3) is 21.9 Å². The highest BCUT2D eigenvalue weighted by molar-refractivity contribution is 7.19. The summed E-state index contributed by atoms with van der Waals surface area (Å²) in [4.78, 5) is 22.5. The topological polar surface area (TPSA) is 68.0 Å². The number of nitrogens with zero attached hydrogens (tertiary/aromatic N) is 2. The molecule has 5 nitrogen and oxygen atoms in total. The fourth-order valence-electron chi connectivity index (χ4n) is 2.77. The van der Waals surface area contributed by atoms with E-state index >= 15 is 0 Å². The molecule has 0 saturated carbocycles. The Hall–Kier alpha value is -3.25. The van der Waals surface area contributed by atoms with Gasteiger partial charge >= 0.3 is 0 Å². The van der Waals surface area contributed by atoms with Gasteiger partial charge in [0, 0.05) is 5.56 Å². The molecule has 0 aliphatic rings. The van der Waals surface area contributed by atoms with Gasteiger partial charge in [-0.3, -0.25) is 10.1 Å². The number of hydrogen-bond donors (Lipinski definition) is 1. The second-order valence-corrected chi connectivity index (χ2v) is 7.04. The van der Waals surface area contributed by atoms with Gasteiger partial charge in [0.25, 0.3) is 5.91 Å². The van der Waals surface area contributed by atoms with E-state index in [9.17, 15) is 4.79 Å². The van der Waals surface area contributed by atoms with Gasteiger partial charge in [0.15, 0.2) is 10.8 Å². The Balaban J connectivity index is 1.58. The number of hydrogen-bond acceptors (Lipinski definition) is 5. The number of nitrogens with one attached hydrogen (secondary N) is 1. The van der Waals surface area contributed by atoms with E-state index in [2.05, 4.69) is 15.3 Å². The molecule has 0 atom stereocenters. The van der Waals surface area contributed by atoms with Crippen LogP contribution >= 0.6 is 11.3 Å². The Labute approximate surface area is 160 Å². The van der Waals surface area contributed by atoms with E-state index in [0.717, 1.165) is 21.7 Å². The summed E-state index contributed by atoms with van der Waals surface area (Å²) in [7, 11) is 0. The number of aromatic nitrogens is 2. The van der Waals surface area contributed by atoms with Crippen LogP contribution in [0.15, 0.2) is 65.1 Å². The number of rotatable bonds is 4. The molecule has 2 aromatic carbocycles. The van der Waals surface area contributed by atoms with E-state index in [1.807, 2.05) is 67.6 Å². The van der Waals surface area contributed by atoms with Crippen molar-refractivity contribution in [3.8, 4) is 21.9 Å². The third kappa shape index (κ3) is 3.52. The molecule has 0 saturated heterocycles. The van der Waals surface area contributed by atoms with Gasteiger partial charge in [-0.15, -0.1) is 0 Å². The van der Waals surface area contributed by atoms with Crippen molar-refractivity contribution >= 4 is 22.4 Å². The lowest BCUT2D eigenvalue weighted by Crippen LogP contribution is -2.13. The molecular formula is C21H17N3O2S. The summed E-state index contributed by atoms with van der Waals surface area (Å²) in [6.45, 7) is 3.67. The van der Waals surface area contributed by atoms with Crippen LogP contribution < -0.4 is 5.32 Å². The predicted octanol–water partition coefficient (Wildman–Crippen LogP) is 5.33. The lowest BCUT2D eigenvalue weighted by atomic mass is 10.2. The highest BCUT2D eigenvalue weighted by Crippen LogP contribution is 2.33. The second kappa shape index (κ2) is 7.17. The molecule has 0 bridgehead atoms. The molecule has 2 aromatic heterocycles. The van der Waals surface area contributed by atoms with Gasteiger partial charge in [0.2, 0.25) is 5.89 Å². The van der Waals surface area contributed by atoms with Crippen LogP contribution in [0.1, 0.15) is 21.9 Å². The number of carbonyl (C=O) groups excluding carboxylic acids is 1. The molecule has 4 aromatic rings. The lowest BCUT2D eigenvalue weighted by molar-refractivity contribution is 0.102. The predicted molar refractivity (Wildman–Crippen MR) is 107 cm³/mol. The summed E-state index contributed by atoms with van der Waals surface area (Å²) < 4.78 is 5.67. The monoisotopic (exact) mass is 375 g/mol. The maximum Gasteiger partial charge on any atom is 0.279 e. The van der Waals surface area contributed by atoms with Crippen LogP contribution in [-0.2, 0) is 0 Å². The number of oxazole rings is 1. The maximum atomic E-state index is 12.7. The van der Waals surface area contributed by atoms with Crippen LogP contribution in [-0.4, -0.2) is 15.9 Å². The first-order chi connectivity index (χ1) is 13.1. The zero-order chi connectivity index (χ0) is 18.8. The van der Waals surface area contributed by atoms with Crippen LogP contribution in [0.4, 0.5) is 5.13 Å². The Morgan fingerprint density at radius 1 is 0.926 bits per heavy atom. The molecule has 134 valence electrons. The van der Waals surface area contributed by atoms with Crippen molar-refractivity contribution < 1.29 is 9.21 Å². The Morgan fingerprint density at radius 2 is 1.56 bits per heavy atom. The third-order valence-electron chi connectivity index (χ3n) is 4.09. The number of carbonyl (C=O) groups is 1. The minimum absolute atomic E-state index is 0.267. The number of thiazole rings is 1. The molecule has 1 amide bonds. The minimum atomic E-state index is -0.327. The molecular weight excluding hydrogens is 358 g/mol. The summed E-state index contributed by atoms with van der Waals surface area (Å²) in [5.74, 6) is 0.577. The summed E-state index contributed by atoms with van der Waals surface area (Å²) >= 11 is 1.44. The van der Waals surface area contributed by atoms with Crippen LogP contribution in [0.5, 0.6) is 0 Å². The molecule has 0 aliphatic carbocycles. The first kappa shape index (κ1) is 17.2. The van der Waals surface area contributed by atoms with Crippen molar-refractivity contribution in [1.82, 2.24) is 9.97 Å². The molecule has 0 radical (unpaired) electrons. The van der Waals surface area contributed by atoms with Crippen molar-refractivity contribution in [1.29, 1.82) is 0 Å². The minimum Gasteiger partial charge on any atom is -0.441 e. The Bertz CT molecular complexity index is 1090. The molecule has 0 spiro atoms. The number of amides is 1. The first-order valence-corrected chi connectivity index (χ1v) is 9.30. The molecule has 1 N–H and O–H groups in total.